The van der Waals surface area contributed by atoms with Crippen LogP contribution in [-0.2, 0) is 0 Å². The van der Waals surface area contributed by atoms with Gasteiger partial charge in [-0.3, -0.25) is 14.8 Å². The van der Waals surface area contributed by atoms with E-state index in [9.17, 15) is 9.59 Å². The van der Waals surface area contributed by atoms with Gasteiger partial charge < -0.3 is 24.5 Å². The number of amides is 2. The molecular formula is C23H25N3O6. The molecule has 4 N–H and O–H groups in total. The molecule has 1 aliphatic rings. The fraction of sp³-hybridized carbons (Fsp3) is 0.304. The summed E-state index contributed by atoms with van der Waals surface area (Å²) in [7, 11) is 0. The molecule has 0 radical (unpaired) electrons. The number of hydrogen-bond acceptors (Lipinski definition) is 7. The quantitative estimate of drug-likeness (QED) is 0.254. The summed E-state index contributed by atoms with van der Waals surface area (Å²) in [5.41, 5.74) is 2.44. The maximum atomic E-state index is 12.6. The molecule has 32 heavy (non-hydrogen) atoms. The first-order valence-electron chi connectivity index (χ1n) is 10.4. The Morgan fingerprint density at radius 2 is 1.78 bits per heavy atom. The predicted molar refractivity (Wildman–Crippen MR) is 116 cm³/mol. The second-order valence-electron chi connectivity index (χ2n) is 7.58. The van der Waals surface area contributed by atoms with E-state index in [1.165, 1.54) is 12.1 Å². The van der Waals surface area contributed by atoms with Gasteiger partial charge in [0.1, 0.15) is 23.2 Å². The zero-order chi connectivity index (χ0) is 22.5. The minimum absolute atomic E-state index is 0.171. The lowest BCUT2D eigenvalue weighted by Gasteiger charge is -2.23. The van der Waals surface area contributed by atoms with Gasteiger partial charge in [0, 0.05) is 10.9 Å². The van der Waals surface area contributed by atoms with E-state index in [1.54, 1.807) is 36.7 Å². The van der Waals surface area contributed by atoms with Crippen LogP contribution in [0.15, 0.2) is 52.9 Å². The van der Waals surface area contributed by atoms with E-state index >= 15 is 0 Å². The van der Waals surface area contributed by atoms with Crippen LogP contribution in [0.25, 0.3) is 11.0 Å². The molecule has 1 aliphatic heterocycles. The molecule has 2 aromatic carbocycles. The highest BCUT2D eigenvalue weighted by atomic mass is 16.5. The van der Waals surface area contributed by atoms with Crippen molar-refractivity contribution in [1.82, 2.24) is 16.1 Å². The van der Waals surface area contributed by atoms with Crippen LogP contribution in [-0.4, -0.2) is 42.4 Å². The Balaban J connectivity index is 1.36. The highest BCUT2D eigenvalue weighted by Crippen LogP contribution is 2.26. The molecule has 3 aromatic rings. The zero-order valence-corrected chi connectivity index (χ0v) is 17.6. The van der Waals surface area contributed by atoms with Crippen molar-refractivity contribution in [2.45, 2.75) is 32.1 Å². The maximum absolute atomic E-state index is 12.6. The number of benzene rings is 2. The smallest absolute Gasteiger partial charge is 0.289 e. The van der Waals surface area contributed by atoms with Crippen molar-refractivity contribution in [2.24, 2.45) is 0 Å². The van der Waals surface area contributed by atoms with Gasteiger partial charge in [-0.25, -0.2) is 5.48 Å². The van der Waals surface area contributed by atoms with E-state index in [0.29, 0.717) is 11.3 Å². The highest BCUT2D eigenvalue weighted by Gasteiger charge is 2.18. The number of nitrogens with one attached hydrogen (secondary N) is 3. The lowest BCUT2D eigenvalue weighted by Crippen LogP contribution is -2.36. The van der Waals surface area contributed by atoms with E-state index in [-0.39, 0.29) is 17.4 Å². The van der Waals surface area contributed by atoms with E-state index < -0.39 is 18.0 Å². The summed E-state index contributed by atoms with van der Waals surface area (Å²) >= 11 is 0. The van der Waals surface area contributed by atoms with Crippen molar-refractivity contribution >= 4 is 22.8 Å². The molecule has 1 saturated heterocycles. The third kappa shape index (κ3) is 5.19. The van der Waals surface area contributed by atoms with Crippen molar-refractivity contribution in [3.63, 3.8) is 0 Å². The molecule has 1 unspecified atom stereocenters. The third-order valence-electron chi connectivity index (χ3n) is 5.17. The number of fused-ring (bicyclic) bond motifs is 1. The number of hydrogen-bond donors (Lipinski definition) is 4. The van der Waals surface area contributed by atoms with Crippen LogP contribution in [0.5, 0.6) is 11.5 Å². The average Bonchev–Trinajstić information content (AvgIpc) is 3.23. The van der Waals surface area contributed by atoms with Crippen LogP contribution in [0.4, 0.5) is 0 Å². The standard InChI is InChI=1S/C23H25N3O6/c1-14(30-17-4-2-15(3-5-17)22(27)26-29)25-23(28)21-13-16-12-19(6-7-20(16)32-21)31-18-8-10-24-11-9-18/h2-7,12-14,18,24,29H,8-11H2,1H3,(H,25,28)(H,26,27). The number of rotatable bonds is 7. The number of piperidine rings is 1. The Morgan fingerprint density at radius 1 is 1.06 bits per heavy atom. The molecule has 1 atom stereocenters. The molecule has 1 aromatic heterocycles. The number of ether oxygens (including phenoxy) is 2. The van der Waals surface area contributed by atoms with Gasteiger partial charge in [-0.1, -0.05) is 0 Å². The molecule has 0 bridgehead atoms. The zero-order valence-electron chi connectivity index (χ0n) is 17.6. The van der Waals surface area contributed by atoms with Crippen LogP contribution >= 0.6 is 0 Å². The molecular weight excluding hydrogens is 414 g/mol. The Hall–Kier alpha value is -3.56. The number of furan rings is 1. The fourth-order valence-corrected chi connectivity index (χ4v) is 3.55. The molecule has 168 valence electrons. The lowest BCUT2D eigenvalue weighted by atomic mass is 10.1. The Bertz CT molecular complexity index is 1090. The Kier molecular flexibility index (Phi) is 6.58. The highest BCUT2D eigenvalue weighted by molar-refractivity contribution is 5.96. The monoisotopic (exact) mass is 439 g/mol. The normalized spacial score (nSPS) is 15.2. The van der Waals surface area contributed by atoms with Crippen molar-refractivity contribution in [1.29, 1.82) is 0 Å². The first-order valence-corrected chi connectivity index (χ1v) is 10.4. The summed E-state index contributed by atoms with van der Waals surface area (Å²) in [6.45, 7) is 3.58. The minimum atomic E-state index is -0.646. The Morgan fingerprint density at radius 3 is 2.50 bits per heavy atom. The van der Waals surface area contributed by atoms with E-state index in [0.717, 1.165) is 37.1 Å². The molecule has 1 fully saturated rings. The van der Waals surface area contributed by atoms with Crippen LogP contribution < -0.4 is 25.6 Å². The van der Waals surface area contributed by atoms with Crippen molar-refractivity contribution in [3.05, 3.63) is 59.9 Å². The van der Waals surface area contributed by atoms with Gasteiger partial charge in [0.15, 0.2) is 12.0 Å². The van der Waals surface area contributed by atoms with Crippen LogP contribution in [0.1, 0.15) is 40.7 Å². The summed E-state index contributed by atoms with van der Waals surface area (Å²) < 4.78 is 17.4. The number of hydroxylamine groups is 1. The number of carbonyl (C=O) groups excluding carboxylic acids is 2. The van der Waals surface area contributed by atoms with Crippen LogP contribution in [0.3, 0.4) is 0 Å². The van der Waals surface area contributed by atoms with Gasteiger partial charge in [-0.05, 0) is 81.4 Å². The third-order valence-corrected chi connectivity index (χ3v) is 5.17. The summed E-state index contributed by atoms with van der Waals surface area (Å²) in [6, 6.07) is 13.3. The average molecular weight is 439 g/mol. The van der Waals surface area contributed by atoms with E-state index in [1.807, 2.05) is 12.1 Å². The minimum Gasteiger partial charge on any atom is -0.490 e. The molecule has 2 amide bonds. The van der Waals surface area contributed by atoms with Gasteiger partial charge in [-0.2, -0.15) is 0 Å². The molecule has 9 nitrogen and oxygen atoms in total. The van der Waals surface area contributed by atoms with Gasteiger partial charge in [0.25, 0.3) is 11.8 Å². The molecule has 0 spiro atoms. The second-order valence-corrected chi connectivity index (χ2v) is 7.58. The summed E-state index contributed by atoms with van der Waals surface area (Å²) in [5.74, 6) is 0.353. The van der Waals surface area contributed by atoms with Gasteiger partial charge >= 0.3 is 0 Å². The molecule has 0 aliphatic carbocycles. The van der Waals surface area contributed by atoms with Gasteiger partial charge in [-0.15, -0.1) is 0 Å². The van der Waals surface area contributed by atoms with Crippen LogP contribution in [0, 0.1) is 0 Å². The lowest BCUT2D eigenvalue weighted by molar-refractivity contribution is 0.0706. The fourth-order valence-electron chi connectivity index (χ4n) is 3.55. The summed E-state index contributed by atoms with van der Waals surface area (Å²) in [4.78, 5) is 24.0. The molecule has 9 heteroatoms. The summed E-state index contributed by atoms with van der Waals surface area (Å²) in [5, 5.41) is 15.5. The topological polar surface area (TPSA) is 122 Å². The van der Waals surface area contributed by atoms with Crippen molar-refractivity contribution in [2.75, 3.05) is 13.1 Å². The molecule has 2 heterocycles. The van der Waals surface area contributed by atoms with Gasteiger partial charge in [0.2, 0.25) is 0 Å². The van der Waals surface area contributed by atoms with Crippen LogP contribution in [0.2, 0.25) is 0 Å². The largest absolute Gasteiger partial charge is 0.490 e. The van der Waals surface area contributed by atoms with E-state index in [4.69, 9.17) is 19.1 Å². The second kappa shape index (κ2) is 9.71. The first-order chi connectivity index (χ1) is 15.5. The molecule has 4 rings (SSSR count). The Labute approximate surface area is 184 Å². The SMILES string of the molecule is CC(NC(=O)c1cc2cc(OC3CCNCC3)ccc2o1)Oc1ccc(C(=O)NO)cc1. The first kappa shape index (κ1) is 21.7. The summed E-state index contributed by atoms with van der Waals surface area (Å²) in [6.07, 6.45) is 1.47. The van der Waals surface area contributed by atoms with Crippen molar-refractivity contribution in [3.8, 4) is 11.5 Å². The number of carbonyl (C=O) groups is 2. The van der Waals surface area contributed by atoms with Crippen molar-refractivity contribution < 1.29 is 28.7 Å². The maximum Gasteiger partial charge on any atom is 0.289 e. The predicted octanol–water partition coefficient (Wildman–Crippen LogP) is 2.84. The van der Waals surface area contributed by atoms with Gasteiger partial charge in [0.05, 0.1) is 0 Å². The molecule has 0 saturated carbocycles. The van der Waals surface area contributed by atoms with E-state index in [2.05, 4.69) is 10.6 Å².